The molecule has 1 aromatic carbocycles. The molecule has 0 fully saturated rings. The number of nitrogens with zero attached hydrogens (tertiary/aromatic N) is 1. The first-order chi connectivity index (χ1) is 7.25. The first kappa shape index (κ1) is 11.7. The van der Waals surface area contributed by atoms with Crippen LogP contribution in [0, 0.1) is 10.1 Å². The van der Waals surface area contributed by atoms with E-state index < -0.39 is 0 Å². The predicted octanol–water partition coefficient (Wildman–Crippen LogP) is 2.44. The summed E-state index contributed by atoms with van der Waals surface area (Å²) in [7, 11) is 0. The second kappa shape index (κ2) is 6.16. The number of rotatable bonds is 5. The summed E-state index contributed by atoms with van der Waals surface area (Å²) in [6.45, 7) is 1.05. The van der Waals surface area contributed by atoms with Gasteiger partial charge in [0, 0.05) is 30.3 Å². The molecular weight excluding hydrogens is 216 g/mol. The van der Waals surface area contributed by atoms with E-state index in [1.54, 1.807) is 24.3 Å². The number of hydrogen-bond acceptors (Lipinski definition) is 3. The van der Waals surface area contributed by atoms with E-state index in [1.165, 1.54) is 11.6 Å². The largest absolute Gasteiger partial charge is 0.309 e. The van der Waals surface area contributed by atoms with Crippen LogP contribution in [0.25, 0.3) is 0 Å². The monoisotopic (exact) mass is 226 g/mol. The number of nitro benzene ring substituents is 1. The van der Waals surface area contributed by atoms with Crippen LogP contribution in [0.15, 0.2) is 35.9 Å². The minimum absolute atomic E-state index is 0.139. The van der Waals surface area contributed by atoms with Crippen LogP contribution in [0.4, 0.5) is 5.69 Å². The summed E-state index contributed by atoms with van der Waals surface area (Å²) >= 11 is 5.34. The van der Waals surface area contributed by atoms with Crippen molar-refractivity contribution in [3.05, 3.63) is 51.6 Å². The van der Waals surface area contributed by atoms with Gasteiger partial charge in [-0.1, -0.05) is 35.9 Å². The summed E-state index contributed by atoms with van der Waals surface area (Å²) in [5.74, 6) is 0. The van der Waals surface area contributed by atoms with Gasteiger partial charge in [0.1, 0.15) is 0 Å². The summed E-state index contributed by atoms with van der Waals surface area (Å²) < 4.78 is 0. The van der Waals surface area contributed by atoms with Gasteiger partial charge in [0.15, 0.2) is 0 Å². The molecule has 0 bridgehead atoms. The number of nitrogens with one attached hydrogen (secondary N) is 1. The van der Waals surface area contributed by atoms with E-state index in [2.05, 4.69) is 5.32 Å². The highest BCUT2D eigenvalue weighted by molar-refractivity contribution is 6.25. The van der Waals surface area contributed by atoms with Crippen LogP contribution in [0.1, 0.15) is 5.56 Å². The maximum absolute atomic E-state index is 10.7. The molecule has 0 atom stereocenters. The molecule has 0 aliphatic heterocycles. The topological polar surface area (TPSA) is 55.2 Å². The Hall–Kier alpha value is -1.39. The third-order valence-corrected chi connectivity index (χ3v) is 2.03. The van der Waals surface area contributed by atoms with Crippen molar-refractivity contribution in [3.63, 3.8) is 0 Å². The fourth-order valence-corrected chi connectivity index (χ4v) is 1.26. The van der Waals surface area contributed by atoms with Crippen molar-refractivity contribution in [2.45, 2.75) is 6.54 Å². The van der Waals surface area contributed by atoms with Gasteiger partial charge in [-0.2, -0.15) is 0 Å². The molecule has 4 nitrogen and oxygen atoms in total. The lowest BCUT2D eigenvalue weighted by Gasteiger charge is -2.02. The molecule has 1 aromatic rings. The molecule has 15 heavy (non-hydrogen) atoms. The highest BCUT2D eigenvalue weighted by atomic mass is 35.5. The van der Waals surface area contributed by atoms with Gasteiger partial charge in [0.05, 0.1) is 4.92 Å². The predicted molar refractivity (Wildman–Crippen MR) is 59.8 cm³/mol. The van der Waals surface area contributed by atoms with Crippen molar-refractivity contribution in [2.24, 2.45) is 0 Å². The molecule has 5 heteroatoms. The van der Waals surface area contributed by atoms with Crippen LogP contribution in [0.3, 0.4) is 0 Å². The summed E-state index contributed by atoms with van der Waals surface area (Å²) in [6.07, 6.45) is 1.73. The van der Waals surface area contributed by atoms with Gasteiger partial charge in [-0.3, -0.25) is 10.1 Å². The summed E-state index contributed by atoms with van der Waals surface area (Å²) in [6, 6.07) is 6.66. The molecule has 1 N–H and O–H groups in total. The van der Waals surface area contributed by atoms with Gasteiger partial charge in [-0.15, -0.1) is 0 Å². The van der Waals surface area contributed by atoms with Gasteiger partial charge in [-0.25, -0.2) is 0 Å². The first-order valence-electron chi connectivity index (χ1n) is 4.44. The molecule has 0 saturated heterocycles. The normalized spacial score (nSPS) is 10.7. The van der Waals surface area contributed by atoms with Crippen molar-refractivity contribution in [1.82, 2.24) is 5.32 Å². The standard InChI is InChI=1S/C10H11ClN2O2/c11-6-3-7-12-8-9-4-1-2-5-10(9)13(14)15/h1-6,12H,7-8H2/b6-3+. The van der Waals surface area contributed by atoms with Crippen LogP contribution in [-0.4, -0.2) is 11.5 Å². The van der Waals surface area contributed by atoms with E-state index in [0.717, 1.165) is 0 Å². The SMILES string of the molecule is O=[N+]([O-])c1ccccc1CNC/C=C/Cl. The molecule has 0 aliphatic rings. The van der Waals surface area contributed by atoms with E-state index in [-0.39, 0.29) is 10.6 Å². The van der Waals surface area contributed by atoms with Crippen LogP contribution in [-0.2, 0) is 6.54 Å². The summed E-state index contributed by atoms with van der Waals surface area (Å²) in [4.78, 5) is 10.3. The zero-order valence-corrected chi connectivity index (χ0v) is 8.78. The maximum Gasteiger partial charge on any atom is 0.273 e. The molecule has 0 saturated carbocycles. The van der Waals surface area contributed by atoms with Gasteiger partial charge in [-0.05, 0) is 0 Å². The minimum Gasteiger partial charge on any atom is -0.309 e. The van der Waals surface area contributed by atoms with Gasteiger partial charge in [0.25, 0.3) is 5.69 Å². The van der Waals surface area contributed by atoms with Gasteiger partial charge < -0.3 is 5.32 Å². The number of benzene rings is 1. The summed E-state index contributed by atoms with van der Waals surface area (Å²) in [5, 5.41) is 13.7. The molecule has 0 heterocycles. The van der Waals surface area contributed by atoms with Crippen LogP contribution in [0.5, 0.6) is 0 Å². The van der Waals surface area contributed by atoms with Crippen LogP contribution < -0.4 is 5.32 Å². The Morgan fingerprint density at radius 1 is 1.47 bits per heavy atom. The molecule has 0 amide bonds. The maximum atomic E-state index is 10.7. The fraction of sp³-hybridized carbons (Fsp3) is 0.200. The number of para-hydroxylation sites is 1. The Labute approximate surface area is 92.7 Å². The molecule has 0 aromatic heterocycles. The smallest absolute Gasteiger partial charge is 0.273 e. The average molecular weight is 227 g/mol. The van der Waals surface area contributed by atoms with Crippen molar-refractivity contribution in [2.75, 3.05) is 6.54 Å². The van der Waals surface area contributed by atoms with Crippen molar-refractivity contribution in [1.29, 1.82) is 0 Å². The summed E-state index contributed by atoms with van der Waals surface area (Å²) in [5.41, 5.74) is 2.22. The molecule has 0 radical (unpaired) electrons. The lowest BCUT2D eigenvalue weighted by Crippen LogP contribution is -2.13. The molecule has 0 unspecified atom stereocenters. The minimum atomic E-state index is -0.381. The molecule has 1 rings (SSSR count). The van der Waals surface area contributed by atoms with Gasteiger partial charge in [0.2, 0.25) is 0 Å². The third-order valence-electron chi connectivity index (χ3n) is 1.86. The van der Waals surface area contributed by atoms with E-state index >= 15 is 0 Å². The Morgan fingerprint density at radius 2 is 2.20 bits per heavy atom. The first-order valence-corrected chi connectivity index (χ1v) is 4.87. The van der Waals surface area contributed by atoms with Gasteiger partial charge >= 0.3 is 0 Å². The van der Waals surface area contributed by atoms with E-state index in [1.807, 2.05) is 0 Å². The Bertz CT molecular complexity index is 366. The average Bonchev–Trinajstić information content (AvgIpc) is 2.25. The quantitative estimate of drug-likeness (QED) is 0.477. The second-order valence-electron chi connectivity index (χ2n) is 2.88. The van der Waals surface area contributed by atoms with E-state index in [9.17, 15) is 10.1 Å². The third kappa shape index (κ3) is 3.69. The second-order valence-corrected chi connectivity index (χ2v) is 3.13. The van der Waals surface area contributed by atoms with Crippen LogP contribution >= 0.6 is 11.6 Å². The van der Waals surface area contributed by atoms with Crippen molar-refractivity contribution in [3.8, 4) is 0 Å². The number of halogens is 1. The molecule has 80 valence electrons. The Kier molecular flexibility index (Phi) is 4.80. The van der Waals surface area contributed by atoms with Crippen molar-refractivity contribution < 1.29 is 4.92 Å². The lowest BCUT2D eigenvalue weighted by atomic mass is 10.2. The molecule has 0 aliphatic carbocycles. The van der Waals surface area contributed by atoms with Crippen molar-refractivity contribution >= 4 is 17.3 Å². The zero-order valence-electron chi connectivity index (χ0n) is 8.02. The highest BCUT2D eigenvalue weighted by Crippen LogP contribution is 2.16. The Morgan fingerprint density at radius 3 is 2.87 bits per heavy atom. The molecule has 0 spiro atoms. The number of hydrogen-bond donors (Lipinski definition) is 1. The number of nitro groups is 1. The van der Waals surface area contributed by atoms with E-state index in [4.69, 9.17) is 11.6 Å². The lowest BCUT2D eigenvalue weighted by molar-refractivity contribution is -0.385. The zero-order chi connectivity index (χ0) is 11.1. The fourth-order valence-electron chi connectivity index (χ4n) is 1.17. The highest BCUT2D eigenvalue weighted by Gasteiger charge is 2.10. The molecular formula is C10H11ClN2O2. The van der Waals surface area contributed by atoms with Crippen LogP contribution in [0.2, 0.25) is 0 Å². The Balaban J connectivity index is 2.63. The van der Waals surface area contributed by atoms with E-state index in [0.29, 0.717) is 18.7 Å².